The third-order valence-electron chi connectivity index (χ3n) is 13.1. The van der Waals surface area contributed by atoms with E-state index in [1.807, 2.05) is 0 Å². The minimum Gasteiger partial charge on any atom is -0.462 e. The van der Waals surface area contributed by atoms with Gasteiger partial charge in [-0.25, -0.2) is 0 Å². The first-order valence-corrected chi connectivity index (χ1v) is 27.8. The van der Waals surface area contributed by atoms with Crippen LogP contribution in [0, 0.1) is 11.8 Å². The van der Waals surface area contributed by atoms with E-state index in [1.165, 1.54) is 199 Å². The quantitative estimate of drug-likeness (QED) is 0.0344. The second kappa shape index (κ2) is 48.9. The van der Waals surface area contributed by atoms with Gasteiger partial charge < -0.3 is 14.2 Å². The fourth-order valence-corrected chi connectivity index (χ4v) is 8.49. The van der Waals surface area contributed by atoms with Gasteiger partial charge in [-0.05, 0) is 31.1 Å². The molecule has 0 radical (unpaired) electrons. The van der Waals surface area contributed by atoms with Crippen LogP contribution in [0.1, 0.15) is 311 Å². The highest BCUT2D eigenvalue weighted by Crippen LogP contribution is 2.18. The van der Waals surface area contributed by atoms with Gasteiger partial charge in [0.25, 0.3) is 0 Å². The second-order valence-corrected chi connectivity index (χ2v) is 19.9. The van der Waals surface area contributed by atoms with Crippen molar-refractivity contribution in [2.75, 3.05) is 13.2 Å². The fourth-order valence-electron chi connectivity index (χ4n) is 8.49. The molecule has 1 unspecified atom stereocenters. The Balaban J connectivity index is 4.31. The van der Waals surface area contributed by atoms with Gasteiger partial charge in [-0.3, -0.25) is 14.4 Å². The van der Waals surface area contributed by atoms with Gasteiger partial charge in [-0.15, -0.1) is 0 Å². The lowest BCUT2D eigenvalue weighted by molar-refractivity contribution is -0.167. The summed E-state index contributed by atoms with van der Waals surface area (Å²) in [5.41, 5.74) is 0. The SMILES string of the molecule is CCCCCCCCCCCCCCCCCCCC(=O)O[C@@H](COC(=O)CCCCCCCCCCCCC(C)C)COC(=O)CCCCCCCCCCCCC(C)CC. The minimum atomic E-state index is -0.762. The van der Waals surface area contributed by atoms with E-state index in [1.54, 1.807) is 0 Å². The zero-order chi connectivity index (χ0) is 45.4. The molecule has 0 saturated heterocycles. The van der Waals surface area contributed by atoms with Crippen LogP contribution < -0.4 is 0 Å². The molecule has 0 aliphatic rings. The highest BCUT2D eigenvalue weighted by molar-refractivity contribution is 5.71. The average molecular weight is 877 g/mol. The van der Waals surface area contributed by atoms with E-state index in [9.17, 15) is 14.4 Å². The zero-order valence-electron chi connectivity index (χ0n) is 42.5. The predicted octanol–water partition coefficient (Wildman–Crippen LogP) is 18.1. The van der Waals surface area contributed by atoms with Crippen molar-refractivity contribution in [2.45, 2.75) is 317 Å². The summed E-state index contributed by atoms with van der Waals surface area (Å²) in [6, 6.07) is 0. The topological polar surface area (TPSA) is 78.9 Å². The van der Waals surface area contributed by atoms with Crippen molar-refractivity contribution < 1.29 is 28.6 Å². The Kier molecular flexibility index (Phi) is 47.6. The molecule has 0 amide bonds. The number of rotatable bonds is 50. The van der Waals surface area contributed by atoms with Crippen molar-refractivity contribution in [3.05, 3.63) is 0 Å². The molecule has 0 bridgehead atoms. The molecule has 0 spiro atoms. The van der Waals surface area contributed by atoms with Crippen LogP contribution in [0.3, 0.4) is 0 Å². The molecule has 0 aliphatic carbocycles. The summed E-state index contributed by atoms with van der Waals surface area (Å²) in [5.74, 6) is 0.844. The van der Waals surface area contributed by atoms with Crippen LogP contribution in [0.2, 0.25) is 0 Å². The monoisotopic (exact) mass is 877 g/mol. The molecule has 62 heavy (non-hydrogen) atoms. The van der Waals surface area contributed by atoms with Crippen molar-refractivity contribution in [3.8, 4) is 0 Å². The van der Waals surface area contributed by atoms with Gasteiger partial charge >= 0.3 is 17.9 Å². The number of unbranched alkanes of at least 4 members (excludes halogenated alkanes) is 34. The molecule has 0 N–H and O–H groups in total. The Labute approximate surface area is 387 Å². The molecule has 0 aromatic rings. The first-order chi connectivity index (χ1) is 30.3. The van der Waals surface area contributed by atoms with Gasteiger partial charge in [-0.1, -0.05) is 272 Å². The number of hydrogen-bond acceptors (Lipinski definition) is 6. The Bertz CT molecular complexity index is 949. The van der Waals surface area contributed by atoms with Gasteiger partial charge in [0.05, 0.1) is 0 Å². The molecule has 368 valence electrons. The van der Waals surface area contributed by atoms with Crippen LogP contribution in [0.25, 0.3) is 0 Å². The van der Waals surface area contributed by atoms with Crippen LogP contribution >= 0.6 is 0 Å². The molecule has 0 fully saturated rings. The molecule has 0 aromatic carbocycles. The molecule has 0 rings (SSSR count). The van der Waals surface area contributed by atoms with Crippen LogP contribution in [0.15, 0.2) is 0 Å². The van der Waals surface area contributed by atoms with E-state index in [0.717, 1.165) is 69.6 Å². The molecule has 2 atom stereocenters. The van der Waals surface area contributed by atoms with E-state index >= 15 is 0 Å². The van der Waals surface area contributed by atoms with Gasteiger partial charge in [-0.2, -0.15) is 0 Å². The molecular formula is C56H108O6. The summed E-state index contributed by atoms with van der Waals surface area (Å²) in [7, 11) is 0. The number of carbonyl (C=O) groups excluding carboxylic acids is 3. The highest BCUT2D eigenvalue weighted by atomic mass is 16.6. The lowest BCUT2D eigenvalue weighted by atomic mass is 9.99. The smallest absolute Gasteiger partial charge is 0.306 e. The lowest BCUT2D eigenvalue weighted by Crippen LogP contribution is -2.30. The Morgan fingerprint density at radius 3 is 0.919 bits per heavy atom. The lowest BCUT2D eigenvalue weighted by Gasteiger charge is -2.18. The molecule has 0 heterocycles. The minimum absolute atomic E-state index is 0.0635. The van der Waals surface area contributed by atoms with Crippen molar-refractivity contribution in [3.63, 3.8) is 0 Å². The number of carbonyl (C=O) groups is 3. The van der Waals surface area contributed by atoms with E-state index in [4.69, 9.17) is 14.2 Å². The number of ether oxygens (including phenoxy) is 3. The van der Waals surface area contributed by atoms with Crippen molar-refractivity contribution >= 4 is 17.9 Å². The van der Waals surface area contributed by atoms with Gasteiger partial charge in [0.2, 0.25) is 0 Å². The second-order valence-electron chi connectivity index (χ2n) is 19.9. The molecular weight excluding hydrogens is 769 g/mol. The maximum atomic E-state index is 12.8. The van der Waals surface area contributed by atoms with Gasteiger partial charge in [0, 0.05) is 19.3 Å². The van der Waals surface area contributed by atoms with Crippen LogP contribution in [-0.2, 0) is 28.6 Å². The summed E-state index contributed by atoms with van der Waals surface area (Å²) in [6.07, 6.45) is 50.8. The molecule has 6 heteroatoms. The Morgan fingerprint density at radius 2 is 0.613 bits per heavy atom. The first-order valence-electron chi connectivity index (χ1n) is 27.8. The van der Waals surface area contributed by atoms with Gasteiger partial charge in [0.15, 0.2) is 6.10 Å². The van der Waals surface area contributed by atoms with Crippen LogP contribution in [0.5, 0.6) is 0 Å². The highest BCUT2D eigenvalue weighted by Gasteiger charge is 2.19. The normalized spacial score (nSPS) is 12.5. The summed E-state index contributed by atoms with van der Waals surface area (Å²) in [4.78, 5) is 38.1. The fraction of sp³-hybridized carbons (Fsp3) is 0.946. The van der Waals surface area contributed by atoms with Crippen molar-refractivity contribution in [2.24, 2.45) is 11.8 Å². The molecule has 6 nitrogen and oxygen atoms in total. The van der Waals surface area contributed by atoms with Crippen LogP contribution in [0.4, 0.5) is 0 Å². The van der Waals surface area contributed by atoms with E-state index < -0.39 is 6.10 Å². The number of hydrogen-bond donors (Lipinski definition) is 0. The third kappa shape index (κ3) is 47.9. The maximum Gasteiger partial charge on any atom is 0.306 e. The molecule has 0 aliphatic heterocycles. The van der Waals surface area contributed by atoms with Crippen LogP contribution in [-0.4, -0.2) is 37.2 Å². The van der Waals surface area contributed by atoms with Crippen molar-refractivity contribution in [1.82, 2.24) is 0 Å². The standard InChI is InChI=1S/C56H108O6/c1-6-8-9-10-11-12-13-14-15-16-17-18-19-28-33-38-43-48-56(59)62-53(49-60-54(57)46-41-36-31-26-22-20-24-29-34-39-44-51(3)4)50-61-55(58)47-42-37-32-27-23-21-25-30-35-40-45-52(5)7-2/h51-53H,6-50H2,1-5H3/t52?,53-/m0/s1. The molecule has 0 aromatic heterocycles. The van der Waals surface area contributed by atoms with E-state index in [-0.39, 0.29) is 31.1 Å². The average Bonchev–Trinajstić information content (AvgIpc) is 3.26. The summed E-state index contributed by atoms with van der Waals surface area (Å²) >= 11 is 0. The number of esters is 3. The summed E-state index contributed by atoms with van der Waals surface area (Å²) in [5, 5.41) is 0. The Hall–Kier alpha value is -1.59. The van der Waals surface area contributed by atoms with Gasteiger partial charge in [0.1, 0.15) is 13.2 Å². The summed E-state index contributed by atoms with van der Waals surface area (Å²) < 4.78 is 16.9. The summed E-state index contributed by atoms with van der Waals surface area (Å²) in [6.45, 7) is 11.4. The zero-order valence-corrected chi connectivity index (χ0v) is 42.5. The van der Waals surface area contributed by atoms with E-state index in [0.29, 0.717) is 19.3 Å². The largest absolute Gasteiger partial charge is 0.462 e. The Morgan fingerprint density at radius 1 is 0.339 bits per heavy atom. The maximum absolute atomic E-state index is 12.8. The first kappa shape index (κ1) is 60.4. The third-order valence-corrected chi connectivity index (χ3v) is 13.1. The van der Waals surface area contributed by atoms with Crippen molar-refractivity contribution in [1.29, 1.82) is 0 Å². The predicted molar refractivity (Wildman–Crippen MR) is 266 cm³/mol. The molecule has 0 saturated carbocycles. The van der Waals surface area contributed by atoms with E-state index in [2.05, 4.69) is 34.6 Å².